The van der Waals surface area contributed by atoms with Crippen LogP contribution in [0.1, 0.15) is 26.7 Å². The molecule has 1 aromatic carbocycles. The van der Waals surface area contributed by atoms with Crippen LogP contribution in [0.25, 0.3) is 10.9 Å². The molecule has 21 heavy (non-hydrogen) atoms. The second-order valence-corrected chi connectivity index (χ2v) is 5.68. The van der Waals surface area contributed by atoms with Crippen molar-refractivity contribution in [1.29, 1.82) is 0 Å². The lowest BCUT2D eigenvalue weighted by atomic mass is 10.2. The Morgan fingerprint density at radius 1 is 1.24 bits per heavy atom. The van der Waals surface area contributed by atoms with Crippen LogP contribution in [0, 0.1) is 0 Å². The fourth-order valence-corrected chi connectivity index (χ4v) is 2.69. The number of rotatable bonds is 5. The number of aromatic nitrogens is 1. The van der Waals surface area contributed by atoms with Gasteiger partial charge < -0.3 is 18.8 Å². The first-order chi connectivity index (χ1) is 10.2. The van der Waals surface area contributed by atoms with E-state index in [4.69, 9.17) is 14.2 Å². The Morgan fingerprint density at radius 3 is 2.81 bits per heavy atom. The summed E-state index contributed by atoms with van der Waals surface area (Å²) in [6, 6.07) is 8.32. The Kier molecular flexibility index (Phi) is 4.46. The first kappa shape index (κ1) is 14.4. The summed E-state index contributed by atoms with van der Waals surface area (Å²) in [5.74, 6) is 0.950. The Balaban J connectivity index is 1.73. The molecule has 114 valence electrons. The largest absolute Gasteiger partial charge is 0.490 e. The van der Waals surface area contributed by atoms with E-state index in [0.29, 0.717) is 0 Å². The van der Waals surface area contributed by atoms with E-state index in [2.05, 4.69) is 22.9 Å². The first-order valence-electron chi connectivity index (χ1n) is 7.72. The second-order valence-electron chi connectivity index (χ2n) is 5.68. The molecule has 0 unspecified atom stereocenters. The summed E-state index contributed by atoms with van der Waals surface area (Å²) in [6.07, 6.45) is 4.10. The van der Waals surface area contributed by atoms with Crippen LogP contribution in [0.3, 0.4) is 0 Å². The molecule has 1 saturated heterocycles. The minimum Gasteiger partial charge on any atom is -0.490 e. The van der Waals surface area contributed by atoms with Crippen molar-refractivity contribution in [3.8, 4) is 5.75 Å². The highest BCUT2D eigenvalue weighted by Gasteiger charge is 2.15. The zero-order chi connectivity index (χ0) is 14.7. The summed E-state index contributed by atoms with van der Waals surface area (Å²) in [5, 5.41) is 1.16. The smallest absolute Gasteiger partial charge is 0.159 e. The van der Waals surface area contributed by atoms with E-state index in [1.165, 1.54) is 5.52 Å². The van der Waals surface area contributed by atoms with Gasteiger partial charge >= 0.3 is 0 Å². The normalized spacial score (nSPS) is 16.7. The Morgan fingerprint density at radius 2 is 2.05 bits per heavy atom. The van der Waals surface area contributed by atoms with Crippen molar-refractivity contribution < 1.29 is 14.2 Å². The van der Waals surface area contributed by atoms with E-state index in [9.17, 15) is 0 Å². The van der Waals surface area contributed by atoms with E-state index < -0.39 is 0 Å². The number of fused-ring (bicyclic) bond motifs is 1. The summed E-state index contributed by atoms with van der Waals surface area (Å²) in [6.45, 7) is 6.60. The van der Waals surface area contributed by atoms with Crippen molar-refractivity contribution in [2.45, 2.75) is 45.6 Å². The maximum absolute atomic E-state index is 5.87. The van der Waals surface area contributed by atoms with Gasteiger partial charge in [0.2, 0.25) is 0 Å². The lowest BCUT2D eigenvalue weighted by Crippen LogP contribution is -2.25. The Labute approximate surface area is 125 Å². The monoisotopic (exact) mass is 289 g/mol. The van der Waals surface area contributed by atoms with Gasteiger partial charge in [0.1, 0.15) is 5.75 Å². The quantitative estimate of drug-likeness (QED) is 0.843. The van der Waals surface area contributed by atoms with Gasteiger partial charge in [0.25, 0.3) is 0 Å². The lowest BCUT2D eigenvalue weighted by Gasteiger charge is -2.23. The summed E-state index contributed by atoms with van der Waals surface area (Å²) in [7, 11) is 0. The summed E-state index contributed by atoms with van der Waals surface area (Å²) in [5.41, 5.74) is 1.20. The van der Waals surface area contributed by atoms with Crippen LogP contribution in [-0.2, 0) is 16.0 Å². The highest BCUT2D eigenvalue weighted by atomic mass is 16.7. The molecule has 2 heterocycles. The van der Waals surface area contributed by atoms with Crippen LogP contribution in [0.15, 0.2) is 30.5 Å². The molecule has 0 aliphatic carbocycles. The van der Waals surface area contributed by atoms with E-state index in [1.54, 1.807) is 0 Å². The molecule has 0 spiro atoms. The molecule has 0 radical (unpaired) electrons. The van der Waals surface area contributed by atoms with Crippen molar-refractivity contribution in [2.75, 3.05) is 13.2 Å². The first-order valence-corrected chi connectivity index (χ1v) is 7.72. The van der Waals surface area contributed by atoms with Gasteiger partial charge in [-0.3, -0.25) is 0 Å². The molecule has 0 atom stereocenters. The van der Waals surface area contributed by atoms with E-state index in [1.807, 2.05) is 26.0 Å². The standard InChI is InChI=1S/C17H23NO3/c1-13(2)21-16-6-3-5-15-14(16)7-9-18(15)10-8-17-19-11-4-12-20-17/h3,5-7,9,13,17H,4,8,10-12H2,1-2H3. The van der Waals surface area contributed by atoms with Crippen molar-refractivity contribution in [3.63, 3.8) is 0 Å². The summed E-state index contributed by atoms with van der Waals surface area (Å²) in [4.78, 5) is 0. The predicted molar refractivity (Wildman–Crippen MR) is 82.6 cm³/mol. The molecule has 0 amide bonds. The van der Waals surface area contributed by atoms with Crippen molar-refractivity contribution in [3.05, 3.63) is 30.5 Å². The van der Waals surface area contributed by atoms with Crippen LogP contribution in [-0.4, -0.2) is 30.2 Å². The Bertz CT molecular complexity index is 585. The van der Waals surface area contributed by atoms with E-state index in [-0.39, 0.29) is 12.4 Å². The fraction of sp³-hybridized carbons (Fsp3) is 0.529. The van der Waals surface area contributed by atoms with Gasteiger partial charge in [0.15, 0.2) is 6.29 Å². The summed E-state index contributed by atoms with van der Waals surface area (Å²) >= 11 is 0. The van der Waals surface area contributed by atoms with Gasteiger partial charge in [-0.25, -0.2) is 0 Å². The number of nitrogens with zero attached hydrogens (tertiary/aromatic N) is 1. The van der Waals surface area contributed by atoms with Crippen LogP contribution in [0.2, 0.25) is 0 Å². The number of hydrogen-bond acceptors (Lipinski definition) is 3. The van der Waals surface area contributed by atoms with Crippen LogP contribution in [0.4, 0.5) is 0 Å². The zero-order valence-corrected chi connectivity index (χ0v) is 12.7. The molecule has 1 aliphatic rings. The van der Waals surface area contributed by atoms with Crippen LogP contribution < -0.4 is 4.74 Å². The molecular weight excluding hydrogens is 266 g/mol. The van der Waals surface area contributed by atoms with Crippen LogP contribution >= 0.6 is 0 Å². The van der Waals surface area contributed by atoms with Gasteiger partial charge in [0.05, 0.1) is 24.8 Å². The molecule has 0 saturated carbocycles. The molecule has 1 aromatic heterocycles. The minimum atomic E-state index is -0.0636. The third-order valence-corrected chi connectivity index (χ3v) is 3.64. The third-order valence-electron chi connectivity index (χ3n) is 3.64. The van der Waals surface area contributed by atoms with Gasteiger partial charge in [-0.2, -0.15) is 0 Å². The van der Waals surface area contributed by atoms with Crippen molar-refractivity contribution in [2.24, 2.45) is 0 Å². The van der Waals surface area contributed by atoms with Gasteiger partial charge in [0, 0.05) is 24.5 Å². The molecule has 1 aliphatic heterocycles. The van der Waals surface area contributed by atoms with Gasteiger partial charge in [-0.1, -0.05) is 6.07 Å². The predicted octanol–water partition coefficient (Wildman–Crippen LogP) is 3.58. The minimum absolute atomic E-state index is 0.0636. The molecule has 3 rings (SSSR count). The molecule has 0 bridgehead atoms. The third kappa shape index (κ3) is 3.39. The maximum atomic E-state index is 5.87. The number of benzene rings is 1. The molecular formula is C17H23NO3. The Hall–Kier alpha value is -1.52. The number of aryl methyl sites for hydroxylation is 1. The number of ether oxygens (including phenoxy) is 3. The van der Waals surface area contributed by atoms with Crippen molar-refractivity contribution >= 4 is 10.9 Å². The average molecular weight is 289 g/mol. The van der Waals surface area contributed by atoms with Crippen molar-refractivity contribution in [1.82, 2.24) is 4.57 Å². The highest BCUT2D eigenvalue weighted by molar-refractivity contribution is 5.86. The van der Waals surface area contributed by atoms with Gasteiger partial charge in [-0.05, 0) is 38.5 Å². The molecule has 1 fully saturated rings. The van der Waals surface area contributed by atoms with Crippen LogP contribution in [0.5, 0.6) is 5.75 Å². The zero-order valence-electron chi connectivity index (χ0n) is 12.7. The second kappa shape index (κ2) is 6.50. The molecule has 4 nitrogen and oxygen atoms in total. The number of hydrogen-bond donors (Lipinski definition) is 0. The van der Waals surface area contributed by atoms with Gasteiger partial charge in [-0.15, -0.1) is 0 Å². The SMILES string of the molecule is CC(C)Oc1cccc2c1ccn2CCC1OCCCO1. The van der Waals surface area contributed by atoms with E-state index in [0.717, 1.165) is 43.7 Å². The average Bonchev–Trinajstić information content (AvgIpc) is 2.90. The highest BCUT2D eigenvalue weighted by Crippen LogP contribution is 2.27. The topological polar surface area (TPSA) is 32.6 Å². The molecule has 4 heteroatoms. The molecule has 2 aromatic rings. The maximum Gasteiger partial charge on any atom is 0.159 e. The fourth-order valence-electron chi connectivity index (χ4n) is 2.69. The molecule has 0 N–H and O–H groups in total. The van der Waals surface area contributed by atoms with E-state index >= 15 is 0 Å². The lowest BCUT2D eigenvalue weighted by molar-refractivity contribution is -0.182. The summed E-state index contributed by atoms with van der Waals surface area (Å²) < 4.78 is 19.3.